The highest BCUT2D eigenvalue weighted by atomic mass is 35.5. The Kier molecular flexibility index (Phi) is 7.05. The lowest BCUT2D eigenvalue weighted by Gasteiger charge is -2.33. The predicted octanol–water partition coefficient (Wildman–Crippen LogP) is 2.84. The quantitative estimate of drug-likeness (QED) is 0.720. The smallest absolute Gasteiger partial charge is 0.253 e. The standard InChI is InChI=1S/C18H19Cl2N5O3S/c1-10(22-16(27)12-3-2-4-13(19)14(12)20)17(28)25-7-5-11(6-8-25)15(26)23-18-24-21-9-29-18/h2-4,9-11H,5-8H2,1H3,(H,22,27)(H,23,24,26). The van der Waals surface area contributed by atoms with E-state index in [1.54, 1.807) is 35.5 Å². The first kappa shape index (κ1) is 21.5. The van der Waals surface area contributed by atoms with Gasteiger partial charge >= 0.3 is 0 Å². The van der Waals surface area contributed by atoms with Crippen LogP contribution in [0.5, 0.6) is 0 Å². The molecule has 1 unspecified atom stereocenters. The van der Waals surface area contributed by atoms with Gasteiger partial charge in [-0.25, -0.2) is 0 Å². The summed E-state index contributed by atoms with van der Waals surface area (Å²) in [4.78, 5) is 39.0. The molecule has 154 valence electrons. The first-order valence-electron chi connectivity index (χ1n) is 8.97. The first-order valence-corrected chi connectivity index (χ1v) is 10.6. The molecule has 11 heteroatoms. The number of benzene rings is 1. The molecule has 1 atom stereocenters. The largest absolute Gasteiger partial charge is 0.341 e. The third-order valence-electron chi connectivity index (χ3n) is 4.68. The topological polar surface area (TPSA) is 104 Å². The van der Waals surface area contributed by atoms with Gasteiger partial charge in [-0.15, -0.1) is 10.2 Å². The number of hydrogen-bond acceptors (Lipinski definition) is 6. The predicted molar refractivity (Wildman–Crippen MR) is 111 cm³/mol. The van der Waals surface area contributed by atoms with Gasteiger partial charge in [-0.1, -0.05) is 40.6 Å². The molecule has 0 radical (unpaired) electrons. The van der Waals surface area contributed by atoms with E-state index < -0.39 is 11.9 Å². The molecule has 3 amide bonds. The van der Waals surface area contributed by atoms with Gasteiger partial charge < -0.3 is 15.5 Å². The van der Waals surface area contributed by atoms with Crippen LogP contribution in [0.2, 0.25) is 10.0 Å². The number of rotatable bonds is 5. The molecule has 0 bridgehead atoms. The van der Waals surface area contributed by atoms with Crippen LogP contribution in [0, 0.1) is 5.92 Å². The van der Waals surface area contributed by atoms with E-state index in [0.717, 1.165) is 0 Å². The minimum Gasteiger partial charge on any atom is -0.341 e. The summed E-state index contributed by atoms with van der Waals surface area (Å²) in [6.45, 7) is 2.49. The molecular formula is C18H19Cl2N5O3S. The minimum absolute atomic E-state index is 0.120. The van der Waals surface area contributed by atoms with Gasteiger partial charge in [-0.3, -0.25) is 14.4 Å². The van der Waals surface area contributed by atoms with Crippen molar-refractivity contribution in [3.05, 3.63) is 39.3 Å². The molecule has 2 heterocycles. The fourth-order valence-electron chi connectivity index (χ4n) is 3.09. The fourth-order valence-corrected chi connectivity index (χ4v) is 3.92. The van der Waals surface area contributed by atoms with Gasteiger partial charge in [0.15, 0.2) is 0 Å². The summed E-state index contributed by atoms with van der Waals surface area (Å²) in [5.74, 6) is -0.993. The van der Waals surface area contributed by atoms with E-state index in [2.05, 4.69) is 20.8 Å². The Morgan fingerprint density at radius 2 is 1.97 bits per heavy atom. The van der Waals surface area contributed by atoms with Gasteiger partial charge in [0.25, 0.3) is 5.91 Å². The van der Waals surface area contributed by atoms with E-state index >= 15 is 0 Å². The van der Waals surface area contributed by atoms with Crippen LogP contribution in [-0.4, -0.2) is 52.0 Å². The molecule has 8 nitrogen and oxygen atoms in total. The maximum Gasteiger partial charge on any atom is 0.253 e. The molecule has 2 N–H and O–H groups in total. The average Bonchev–Trinajstić information content (AvgIpc) is 3.22. The lowest BCUT2D eigenvalue weighted by molar-refractivity contribution is -0.135. The van der Waals surface area contributed by atoms with E-state index in [4.69, 9.17) is 23.2 Å². The van der Waals surface area contributed by atoms with Crippen molar-refractivity contribution in [2.75, 3.05) is 18.4 Å². The van der Waals surface area contributed by atoms with Crippen LogP contribution in [0.1, 0.15) is 30.1 Å². The molecule has 0 spiro atoms. The van der Waals surface area contributed by atoms with Crippen molar-refractivity contribution in [1.82, 2.24) is 20.4 Å². The number of carbonyl (C=O) groups is 3. The summed E-state index contributed by atoms with van der Waals surface area (Å²) >= 11 is 13.3. The van der Waals surface area contributed by atoms with E-state index in [0.29, 0.717) is 31.1 Å². The lowest BCUT2D eigenvalue weighted by Crippen LogP contribution is -2.50. The zero-order chi connectivity index (χ0) is 21.0. The number of anilines is 1. The van der Waals surface area contributed by atoms with Crippen LogP contribution in [-0.2, 0) is 9.59 Å². The van der Waals surface area contributed by atoms with Crippen molar-refractivity contribution in [1.29, 1.82) is 0 Å². The Balaban J connectivity index is 1.51. The highest BCUT2D eigenvalue weighted by Crippen LogP contribution is 2.25. The third kappa shape index (κ3) is 5.23. The molecule has 0 saturated carbocycles. The molecule has 2 aromatic rings. The molecule has 1 aliphatic rings. The summed E-state index contributed by atoms with van der Waals surface area (Å²) in [5.41, 5.74) is 1.76. The van der Waals surface area contributed by atoms with Gasteiger partial charge in [0, 0.05) is 19.0 Å². The number of hydrogen-bond donors (Lipinski definition) is 2. The van der Waals surface area contributed by atoms with Crippen LogP contribution < -0.4 is 10.6 Å². The van der Waals surface area contributed by atoms with Crippen molar-refractivity contribution in [3.8, 4) is 0 Å². The maximum atomic E-state index is 12.7. The Bertz CT molecular complexity index is 901. The summed E-state index contributed by atoms with van der Waals surface area (Å²) in [7, 11) is 0. The molecule has 1 saturated heterocycles. The average molecular weight is 456 g/mol. The molecule has 3 rings (SSSR count). The molecule has 1 aromatic heterocycles. The van der Waals surface area contributed by atoms with E-state index in [9.17, 15) is 14.4 Å². The van der Waals surface area contributed by atoms with E-state index in [1.807, 2.05) is 0 Å². The van der Waals surface area contributed by atoms with E-state index in [1.165, 1.54) is 11.3 Å². The molecular weight excluding hydrogens is 437 g/mol. The van der Waals surface area contributed by atoms with Gasteiger partial charge in [-0.05, 0) is 31.9 Å². The van der Waals surface area contributed by atoms with Crippen LogP contribution in [0.3, 0.4) is 0 Å². The van der Waals surface area contributed by atoms with Crippen LogP contribution in [0.25, 0.3) is 0 Å². The number of amides is 3. The minimum atomic E-state index is -0.732. The zero-order valence-electron chi connectivity index (χ0n) is 15.5. The monoisotopic (exact) mass is 455 g/mol. The molecule has 29 heavy (non-hydrogen) atoms. The Morgan fingerprint density at radius 1 is 1.24 bits per heavy atom. The Hall–Kier alpha value is -2.23. The van der Waals surface area contributed by atoms with Crippen LogP contribution >= 0.6 is 34.5 Å². The summed E-state index contributed by atoms with van der Waals surface area (Å²) in [6, 6.07) is 4.01. The number of piperidine rings is 1. The zero-order valence-corrected chi connectivity index (χ0v) is 17.9. The van der Waals surface area contributed by atoms with Gasteiger partial charge in [-0.2, -0.15) is 0 Å². The fraction of sp³-hybridized carbons (Fsp3) is 0.389. The molecule has 1 aliphatic heterocycles. The maximum absolute atomic E-state index is 12.7. The van der Waals surface area contributed by atoms with Crippen molar-refractivity contribution < 1.29 is 14.4 Å². The lowest BCUT2D eigenvalue weighted by atomic mass is 9.95. The number of nitrogens with one attached hydrogen (secondary N) is 2. The van der Waals surface area contributed by atoms with Gasteiger partial charge in [0.05, 0.1) is 15.6 Å². The molecule has 1 fully saturated rings. The Labute approximate surface area is 181 Å². The van der Waals surface area contributed by atoms with E-state index in [-0.39, 0.29) is 33.3 Å². The van der Waals surface area contributed by atoms with Crippen molar-refractivity contribution in [2.24, 2.45) is 5.92 Å². The summed E-state index contributed by atoms with van der Waals surface area (Å²) in [5, 5.41) is 13.8. The number of carbonyl (C=O) groups excluding carboxylic acids is 3. The molecule has 0 aliphatic carbocycles. The highest BCUT2D eigenvalue weighted by Gasteiger charge is 2.30. The second-order valence-electron chi connectivity index (χ2n) is 6.63. The highest BCUT2D eigenvalue weighted by molar-refractivity contribution is 7.13. The van der Waals surface area contributed by atoms with Gasteiger partial charge in [0.2, 0.25) is 16.9 Å². The SMILES string of the molecule is CC(NC(=O)c1cccc(Cl)c1Cl)C(=O)N1CCC(C(=O)Nc2nncs2)CC1. The van der Waals surface area contributed by atoms with Crippen molar-refractivity contribution >= 4 is 57.4 Å². The van der Waals surface area contributed by atoms with Gasteiger partial charge in [0.1, 0.15) is 11.6 Å². The normalized spacial score (nSPS) is 15.6. The van der Waals surface area contributed by atoms with Crippen molar-refractivity contribution in [3.63, 3.8) is 0 Å². The summed E-state index contributed by atoms with van der Waals surface area (Å²) in [6.07, 6.45) is 1.08. The molecule has 1 aromatic carbocycles. The summed E-state index contributed by atoms with van der Waals surface area (Å²) < 4.78 is 0. The van der Waals surface area contributed by atoms with Crippen LogP contribution in [0.15, 0.2) is 23.7 Å². The Morgan fingerprint density at radius 3 is 2.62 bits per heavy atom. The second-order valence-corrected chi connectivity index (χ2v) is 8.25. The number of aromatic nitrogens is 2. The number of likely N-dealkylation sites (tertiary alicyclic amines) is 1. The number of halogens is 2. The third-order valence-corrected chi connectivity index (χ3v) is 6.11. The number of nitrogens with zero attached hydrogens (tertiary/aromatic N) is 3. The first-order chi connectivity index (χ1) is 13.9. The van der Waals surface area contributed by atoms with Crippen molar-refractivity contribution in [2.45, 2.75) is 25.8 Å². The van der Waals surface area contributed by atoms with Crippen LogP contribution in [0.4, 0.5) is 5.13 Å². The second kappa shape index (κ2) is 9.51.